The molecule has 0 saturated carbocycles. The Hall–Kier alpha value is -2.29. The molecule has 1 unspecified atom stereocenters. The van der Waals surface area contributed by atoms with Crippen LogP contribution in [0.1, 0.15) is 30.0 Å². The zero-order valence-electron chi connectivity index (χ0n) is 12.3. The number of anilines is 1. The molecule has 0 radical (unpaired) electrons. The van der Waals surface area contributed by atoms with Gasteiger partial charge in [0.05, 0.1) is 0 Å². The number of para-hydroxylation sites is 1. The van der Waals surface area contributed by atoms with E-state index in [0.29, 0.717) is 6.04 Å². The summed E-state index contributed by atoms with van der Waals surface area (Å²) in [6, 6.07) is 17.2. The van der Waals surface area contributed by atoms with E-state index >= 15 is 0 Å². The molecule has 1 heterocycles. The average molecular weight is 279 g/mol. The van der Waals surface area contributed by atoms with Crippen LogP contribution in [0.5, 0.6) is 0 Å². The van der Waals surface area contributed by atoms with Gasteiger partial charge in [-0.3, -0.25) is 5.41 Å². The summed E-state index contributed by atoms with van der Waals surface area (Å²) in [4.78, 5) is 2.46. The Kier molecular flexibility index (Phi) is 3.65. The molecule has 3 heteroatoms. The fourth-order valence-corrected chi connectivity index (χ4v) is 3.04. The number of nitrogens with two attached hydrogens (primary N) is 1. The zero-order valence-corrected chi connectivity index (χ0v) is 12.3. The van der Waals surface area contributed by atoms with Crippen molar-refractivity contribution >= 4 is 11.5 Å². The molecule has 0 aromatic heterocycles. The maximum absolute atomic E-state index is 7.57. The highest BCUT2D eigenvalue weighted by molar-refractivity contribution is 5.95. The third kappa shape index (κ3) is 2.77. The summed E-state index contributed by atoms with van der Waals surface area (Å²) in [6.45, 7) is 3.14. The van der Waals surface area contributed by atoms with Gasteiger partial charge in [-0.05, 0) is 43.0 Å². The number of nitrogens with one attached hydrogen (secondary N) is 1. The van der Waals surface area contributed by atoms with Crippen LogP contribution in [0, 0.1) is 5.41 Å². The van der Waals surface area contributed by atoms with Gasteiger partial charge in [-0.1, -0.05) is 36.4 Å². The van der Waals surface area contributed by atoms with E-state index in [0.717, 1.165) is 18.5 Å². The minimum Gasteiger partial charge on any atom is -0.384 e. The van der Waals surface area contributed by atoms with Gasteiger partial charge in [0.2, 0.25) is 0 Å². The second-order valence-electron chi connectivity index (χ2n) is 5.76. The monoisotopic (exact) mass is 279 g/mol. The molecule has 0 saturated heterocycles. The Morgan fingerprint density at radius 1 is 1.24 bits per heavy atom. The lowest BCUT2D eigenvalue weighted by atomic mass is 9.96. The maximum atomic E-state index is 7.57. The number of hydrogen-bond acceptors (Lipinski definition) is 2. The van der Waals surface area contributed by atoms with Crippen molar-refractivity contribution in [2.24, 2.45) is 5.73 Å². The molecule has 21 heavy (non-hydrogen) atoms. The van der Waals surface area contributed by atoms with Crippen molar-refractivity contribution in [2.75, 3.05) is 4.90 Å². The first-order valence-electron chi connectivity index (χ1n) is 7.43. The highest BCUT2D eigenvalue weighted by atomic mass is 15.2. The van der Waals surface area contributed by atoms with Gasteiger partial charge in [-0.2, -0.15) is 0 Å². The van der Waals surface area contributed by atoms with E-state index in [1.807, 2.05) is 18.2 Å². The summed E-state index contributed by atoms with van der Waals surface area (Å²) in [5, 5.41) is 7.57. The molecule has 0 bridgehead atoms. The Morgan fingerprint density at radius 3 is 2.86 bits per heavy atom. The molecule has 3 rings (SSSR count). The Morgan fingerprint density at radius 2 is 2.05 bits per heavy atom. The maximum Gasteiger partial charge on any atom is 0.122 e. The van der Waals surface area contributed by atoms with Crippen molar-refractivity contribution in [3.8, 4) is 0 Å². The Bertz CT molecular complexity index is 663. The van der Waals surface area contributed by atoms with Crippen molar-refractivity contribution < 1.29 is 0 Å². The van der Waals surface area contributed by atoms with Crippen molar-refractivity contribution in [1.82, 2.24) is 0 Å². The molecule has 2 aromatic rings. The summed E-state index contributed by atoms with van der Waals surface area (Å²) >= 11 is 0. The number of aryl methyl sites for hydroxylation is 1. The van der Waals surface area contributed by atoms with Gasteiger partial charge in [0, 0.05) is 23.8 Å². The van der Waals surface area contributed by atoms with E-state index in [2.05, 4.69) is 42.2 Å². The predicted molar refractivity (Wildman–Crippen MR) is 87.9 cm³/mol. The molecule has 0 amide bonds. The van der Waals surface area contributed by atoms with Gasteiger partial charge in [-0.25, -0.2) is 0 Å². The van der Waals surface area contributed by atoms with Crippen molar-refractivity contribution in [3.05, 3.63) is 65.2 Å². The summed E-state index contributed by atoms with van der Waals surface area (Å²) in [6.07, 6.45) is 2.34. The van der Waals surface area contributed by atoms with Crippen molar-refractivity contribution in [1.29, 1.82) is 5.41 Å². The Labute approximate surface area is 125 Å². The molecule has 2 aromatic carbocycles. The van der Waals surface area contributed by atoms with Gasteiger partial charge < -0.3 is 10.6 Å². The van der Waals surface area contributed by atoms with E-state index in [-0.39, 0.29) is 5.84 Å². The molecule has 1 aliphatic heterocycles. The number of rotatable bonds is 3. The Balaban J connectivity index is 1.90. The lowest BCUT2D eigenvalue weighted by Crippen LogP contribution is -2.36. The number of amidine groups is 1. The SMILES string of the molecule is CC1CCc2ccccc2N1Cc1cccc(C(=N)N)c1. The third-order valence-corrected chi connectivity index (χ3v) is 4.26. The van der Waals surface area contributed by atoms with E-state index in [1.54, 1.807) is 0 Å². The lowest BCUT2D eigenvalue weighted by Gasteiger charge is -2.37. The highest BCUT2D eigenvalue weighted by Gasteiger charge is 2.22. The van der Waals surface area contributed by atoms with Gasteiger partial charge in [-0.15, -0.1) is 0 Å². The van der Waals surface area contributed by atoms with E-state index in [4.69, 9.17) is 11.1 Å². The molecule has 3 nitrogen and oxygen atoms in total. The molecule has 0 fully saturated rings. The first kappa shape index (κ1) is 13.7. The standard InChI is InChI=1S/C18H21N3/c1-13-9-10-15-6-2-3-8-17(15)21(13)12-14-5-4-7-16(11-14)18(19)20/h2-8,11,13H,9-10,12H2,1H3,(H3,19,20). The van der Waals surface area contributed by atoms with Crippen molar-refractivity contribution in [2.45, 2.75) is 32.4 Å². The third-order valence-electron chi connectivity index (χ3n) is 4.26. The molecular weight excluding hydrogens is 258 g/mol. The van der Waals surface area contributed by atoms with E-state index in [1.165, 1.54) is 23.2 Å². The molecule has 0 aliphatic carbocycles. The quantitative estimate of drug-likeness (QED) is 0.669. The fraction of sp³-hybridized carbons (Fsp3) is 0.278. The van der Waals surface area contributed by atoms with Crippen LogP contribution in [0.4, 0.5) is 5.69 Å². The molecule has 108 valence electrons. The average Bonchev–Trinajstić information content (AvgIpc) is 2.50. The second-order valence-corrected chi connectivity index (χ2v) is 5.76. The molecule has 3 N–H and O–H groups in total. The van der Waals surface area contributed by atoms with Crippen LogP contribution in [0.25, 0.3) is 0 Å². The van der Waals surface area contributed by atoms with E-state index in [9.17, 15) is 0 Å². The predicted octanol–water partition coefficient (Wildman–Crippen LogP) is 3.31. The number of nitrogen functional groups attached to an aromatic ring is 1. The summed E-state index contributed by atoms with van der Waals surface area (Å²) in [7, 11) is 0. The van der Waals surface area contributed by atoms with E-state index < -0.39 is 0 Å². The van der Waals surface area contributed by atoms with Crippen LogP contribution in [0.15, 0.2) is 48.5 Å². The number of benzene rings is 2. The van der Waals surface area contributed by atoms with Gasteiger partial charge in [0.1, 0.15) is 5.84 Å². The number of fused-ring (bicyclic) bond motifs is 1. The van der Waals surface area contributed by atoms with Gasteiger partial charge in [0.15, 0.2) is 0 Å². The number of hydrogen-bond donors (Lipinski definition) is 2. The lowest BCUT2D eigenvalue weighted by molar-refractivity contribution is 0.560. The van der Waals surface area contributed by atoms with Crippen LogP contribution in [0.3, 0.4) is 0 Å². The summed E-state index contributed by atoms with van der Waals surface area (Å²) in [5.74, 6) is 0.129. The van der Waals surface area contributed by atoms with Gasteiger partial charge >= 0.3 is 0 Å². The van der Waals surface area contributed by atoms with Crippen molar-refractivity contribution in [3.63, 3.8) is 0 Å². The fourth-order valence-electron chi connectivity index (χ4n) is 3.04. The van der Waals surface area contributed by atoms with Crippen LogP contribution >= 0.6 is 0 Å². The van der Waals surface area contributed by atoms with Crippen LogP contribution in [-0.2, 0) is 13.0 Å². The topological polar surface area (TPSA) is 53.1 Å². The first-order valence-corrected chi connectivity index (χ1v) is 7.43. The summed E-state index contributed by atoms with van der Waals surface area (Å²) < 4.78 is 0. The highest BCUT2D eigenvalue weighted by Crippen LogP contribution is 2.31. The molecule has 1 aliphatic rings. The normalized spacial score (nSPS) is 17.4. The number of nitrogens with zero attached hydrogens (tertiary/aromatic N) is 1. The van der Waals surface area contributed by atoms with Crippen LogP contribution < -0.4 is 10.6 Å². The molecule has 0 spiro atoms. The molecular formula is C18H21N3. The zero-order chi connectivity index (χ0) is 14.8. The first-order chi connectivity index (χ1) is 10.1. The largest absolute Gasteiger partial charge is 0.384 e. The minimum atomic E-state index is 0.129. The van der Waals surface area contributed by atoms with Crippen LogP contribution in [-0.4, -0.2) is 11.9 Å². The molecule has 1 atom stereocenters. The minimum absolute atomic E-state index is 0.129. The smallest absolute Gasteiger partial charge is 0.122 e. The van der Waals surface area contributed by atoms with Crippen LogP contribution in [0.2, 0.25) is 0 Å². The second kappa shape index (κ2) is 5.60. The summed E-state index contributed by atoms with van der Waals surface area (Å²) in [5.41, 5.74) is 10.4. The van der Waals surface area contributed by atoms with Gasteiger partial charge in [0.25, 0.3) is 0 Å².